The van der Waals surface area contributed by atoms with E-state index in [0.717, 1.165) is 5.39 Å². The number of hydrogen-bond donors (Lipinski definition) is 0. The summed E-state index contributed by atoms with van der Waals surface area (Å²) in [4.78, 5) is 11.9. The summed E-state index contributed by atoms with van der Waals surface area (Å²) in [6.45, 7) is 0. The zero-order valence-corrected chi connectivity index (χ0v) is 12.1. The van der Waals surface area contributed by atoms with Crippen molar-refractivity contribution in [1.29, 1.82) is 0 Å². The van der Waals surface area contributed by atoms with Crippen LogP contribution in [0.3, 0.4) is 0 Å². The van der Waals surface area contributed by atoms with Gasteiger partial charge in [0.1, 0.15) is 15.4 Å². The van der Waals surface area contributed by atoms with Crippen LogP contribution in [-0.2, 0) is 9.84 Å². The SMILES string of the molecule is CS(=O)(=O)CCSCC(=O)c1cc2ccccc2o1. The van der Waals surface area contributed by atoms with Crippen LogP contribution in [0.25, 0.3) is 11.0 Å². The van der Waals surface area contributed by atoms with E-state index in [1.165, 1.54) is 18.0 Å². The van der Waals surface area contributed by atoms with Gasteiger partial charge in [0.25, 0.3) is 0 Å². The average molecular weight is 298 g/mol. The molecule has 0 saturated carbocycles. The van der Waals surface area contributed by atoms with Gasteiger partial charge < -0.3 is 4.42 Å². The van der Waals surface area contributed by atoms with Crippen LogP contribution < -0.4 is 0 Å². The lowest BCUT2D eigenvalue weighted by Crippen LogP contribution is -2.08. The van der Waals surface area contributed by atoms with E-state index in [-0.39, 0.29) is 17.3 Å². The van der Waals surface area contributed by atoms with Gasteiger partial charge in [-0.05, 0) is 12.1 Å². The van der Waals surface area contributed by atoms with E-state index < -0.39 is 9.84 Å². The molecule has 102 valence electrons. The highest BCUT2D eigenvalue weighted by atomic mass is 32.2. The van der Waals surface area contributed by atoms with Crippen molar-refractivity contribution in [3.63, 3.8) is 0 Å². The van der Waals surface area contributed by atoms with Gasteiger partial charge in [0.15, 0.2) is 5.76 Å². The fraction of sp³-hybridized carbons (Fsp3) is 0.308. The summed E-state index contributed by atoms with van der Waals surface area (Å²) >= 11 is 1.30. The lowest BCUT2D eigenvalue weighted by molar-refractivity contribution is 0.0994. The first-order valence-electron chi connectivity index (χ1n) is 5.73. The molecule has 0 radical (unpaired) electrons. The van der Waals surface area contributed by atoms with Crippen LogP contribution in [0.5, 0.6) is 0 Å². The topological polar surface area (TPSA) is 64.3 Å². The van der Waals surface area contributed by atoms with Gasteiger partial charge in [-0.1, -0.05) is 18.2 Å². The van der Waals surface area contributed by atoms with Gasteiger partial charge in [-0.2, -0.15) is 11.8 Å². The van der Waals surface area contributed by atoms with Gasteiger partial charge >= 0.3 is 0 Å². The van der Waals surface area contributed by atoms with Crippen LogP contribution in [0, 0.1) is 0 Å². The normalized spacial score (nSPS) is 11.8. The number of sulfone groups is 1. The summed E-state index contributed by atoms with van der Waals surface area (Å²) in [6, 6.07) is 9.14. The summed E-state index contributed by atoms with van der Waals surface area (Å²) in [7, 11) is -2.96. The summed E-state index contributed by atoms with van der Waals surface area (Å²) in [5.41, 5.74) is 0.687. The van der Waals surface area contributed by atoms with E-state index in [1.807, 2.05) is 24.3 Å². The summed E-state index contributed by atoms with van der Waals surface area (Å²) < 4.78 is 27.3. The molecule has 0 saturated heterocycles. The Hall–Kier alpha value is -1.27. The third-order valence-electron chi connectivity index (χ3n) is 2.53. The Morgan fingerprint density at radius 1 is 1.32 bits per heavy atom. The predicted molar refractivity (Wildman–Crippen MR) is 77.6 cm³/mol. The highest BCUT2D eigenvalue weighted by Crippen LogP contribution is 2.20. The largest absolute Gasteiger partial charge is 0.453 e. The number of ketones is 1. The molecule has 1 heterocycles. The molecule has 0 fully saturated rings. The van der Waals surface area contributed by atoms with E-state index in [2.05, 4.69) is 0 Å². The zero-order valence-electron chi connectivity index (χ0n) is 10.5. The second kappa shape index (κ2) is 5.79. The van der Waals surface area contributed by atoms with Crippen LogP contribution in [0.1, 0.15) is 10.6 Å². The highest BCUT2D eigenvalue weighted by molar-refractivity contribution is 8.01. The molecule has 2 rings (SSSR count). The van der Waals surface area contributed by atoms with Crippen LogP contribution >= 0.6 is 11.8 Å². The Morgan fingerprint density at radius 3 is 2.74 bits per heavy atom. The number of furan rings is 1. The van der Waals surface area contributed by atoms with Crippen molar-refractivity contribution < 1.29 is 17.6 Å². The highest BCUT2D eigenvalue weighted by Gasteiger charge is 2.12. The van der Waals surface area contributed by atoms with Gasteiger partial charge in [-0.3, -0.25) is 4.79 Å². The molecule has 0 spiro atoms. The molecule has 4 nitrogen and oxygen atoms in total. The van der Waals surface area contributed by atoms with E-state index in [9.17, 15) is 13.2 Å². The molecule has 0 aliphatic heterocycles. The van der Waals surface area contributed by atoms with Crippen molar-refractivity contribution >= 4 is 38.4 Å². The molecule has 0 unspecified atom stereocenters. The quantitative estimate of drug-likeness (QED) is 0.605. The lowest BCUT2D eigenvalue weighted by Gasteiger charge is -1.98. The fourth-order valence-corrected chi connectivity index (χ4v) is 3.72. The van der Waals surface area contributed by atoms with Gasteiger partial charge in [0.05, 0.1) is 11.5 Å². The minimum absolute atomic E-state index is 0.0884. The fourth-order valence-electron chi connectivity index (χ4n) is 1.57. The maximum Gasteiger partial charge on any atom is 0.207 e. The molecule has 0 amide bonds. The number of rotatable bonds is 6. The smallest absolute Gasteiger partial charge is 0.207 e. The number of thioether (sulfide) groups is 1. The number of hydrogen-bond acceptors (Lipinski definition) is 5. The standard InChI is InChI=1S/C13H14O4S2/c1-19(15,16)7-6-18-9-11(14)13-8-10-4-2-3-5-12(10)17-13/h2-5,8H,6-7,9H2,1H3. The molecule has 19 heavy (non-hydrogen) atoms. The average Bonchev–Trinajstić information content (AvgIpc) is 2.77. The first-order valence-corrected chi connectivity index (χ1v) is 8.94. The predicted octanol–water partition coefficient (Wildman–Crippen LogP) is 2.39. The van der Waals surface area contributed by atoms with Crippen LogP contribution in [0.15, 0.2) is 34.7 Å². The lowest BCUT2D eigenvalue weighted by atomic mass is 10.2. The first kappa shape index (κ1) is 14.1. The minimum Gasteiger partial charge on any atom is -0.453 e. The van der Waals surface area contributed by atoms with Crippen LogP contribution in [0.2, 0.25) is 0 Å². The van der Waals surface area contributed by atoms with Crippen molar-refractivity contribution in [1.82, 2.24) is 0 Å². The van der Waals surface area contributed by atoms with Crippen molar-refractivity contribution in [2.24, 2.45) is 0 Å². The molecule has 0 N–H and O–H groups in total. The molecule has 1 aromatic heterocycles. The summed E-state index contributed by atoms with van der Waals surface area (Å²) in [6.07, 6.45) is 1.19. The molecule has 1 aromatic carbocycles. The Labute approximate surface area is 116 Å². The molecule has 0 aliphatic rings. The zero-order chi connectivity index (χ0) is 13.9. The van der Waals surface area contributed by atoms with E-state index in [1.54, 1.807) is 6.07 Å². The van der Waals surface area contributed by atoms with Gasteiger partial charge in [0, 0.05) is 17.4 Å². The number of carbonyl (C=O) groups is 1. The van der Waals surface area contributed by atoms with Crippen molar-refractivity contribution in [3.05, 3.63) is 36.1 Å². The molecule has 2 aromatic rings. The number of Topliss-reactive ketones (excluding diaryl/α,β-unsaturated/α-hetero) is 1. The van der Waals surface area contributed by atoms with Crippen molar-refractivity contribution in [2.75, 3.05) is 23.5 Å². The van der Waals surface area contributed by atoms with Crippen LogP contribution in [0.4, 0.5) is 0 Å². The van der Waals surface area contributed by atoms with E-state index >= 15 is 0 Å². The second-order valence-electron chi connectivity index (χ2n) is 4.25. The molecule has 6 heteroatoms. The van der Waals surface area contributed by atoms with E-state index in [4.69, 9.17) is 4.42 Å². The summed E-state index contributed by atoms with van der Waals surface area (Å²) in [5, 5.41) is 0.895. The van der Waals surface area contributed by atoms with Gasteiger partial charge in [-0.15, -0.1) is 0 Å². The van der Waals surface area contributed by atoms with Gasteiger partial charge in [0.2, 0.25) is 5.78 Å². The number of carbonyl (C=O) groups excluding carboxylic acids is 1. The molecule has 0 atom stereocenters. The Morgan fingerprint density at radius 2 is 2.05 bits per heavy atom. The summed E-state index contributed by atoms with van der Waals surface area (Å²) in [5.74, 6) is 0.952. The molecular formula is C13H14O4S2. The molecular weight excluding hydrogens is 284 g/mol. The molecule has 0 bridgehead atoms. The third-order valence-corrected chi connectivity index (χ3v) is 4.70. The Balaban J connectivity index is 1.93. The number of para-hydroxylation sites is 1. The third kappa shape index (κ3) is 4.11. The van der Waals surface area contributed by atoms with Crippen molar-refractivity contribution in [2.45, 2.75) is 0 Å². The maximum absolute atomic E-state index is 11.9. The minimum atomic E-state index is -2.96. The molecule has 0 aliphatic carbocycles. The number of benzene rings is 1. The Bertz CT molecular complexity index is 652. The van der Waals surface area contributed by atoms with Crippen LogP contribution in [-0.4, -0.2) is 37.7 Å². The first-order chi connectivity index (χ1) is 8.96. The maximum atomic E-state index is 11.9. The number of fused-ring (bicyclic) bond motifs is 1. The monoisotopic (exact) mass is 298 g/mol. The van der Waals surface area contributed by atoms with Gasteiger partial charge in [-0.25, -0.2) is 8.42 Å². The van der Waals surface area contributed by atoms with E-state index in [0.29, 0.717) is 17.1 Å². The second-order valence-corrected chi connectivity index (χ2v) is 7.62. The Kier molecular flexibility index (Phi) is 4.31. The van der Waals surface area contributed by atoms with Crippen molar-refractivity contribution in [3.8, 4) is 0 Å².